The van der Waals surface area contributed by atoms with Gasteiger partial charge in [0.25, 0.3) is 0 Å². The minimum absolute atomic E-state index is 0.0250. The van der Waals surface area contributed by atoms with Crippen molar-refractivity contribution in [2.45, 2.75) is 99.8 Å². The van der Waals surface area contributed by atoms with Crippen LogP contribution in [0.5, 0.6) is 0 Å². The number of nitrogens with two attached hydrogens (primary N) is 1. The van der Waals surface area contributed by atoms with Crippen LogP contribution >= 0.6 is 0 Å². The standard InChI is InChI=1S/C34H56N6O8/c1-22(2)27(39-26(41)16-17-33(3,4)5)29(43)38-25(11-10-18-36-31(35)45)28(42)37-24-14-12-23(13-15-24)21-48-32(46)40(9)19-20-47-30(44)34(6,7)8/h12-15,22,25,27H,10-11,16-21H2,1-9H3,(H,37,42)(H,38,43)(H,39,41)(H3,35,36,45)/t25-,27-/m0/s1. The van der Waals surface area contributed by atoms with Crippen molar-refractivity contribution in [3.63, 3.8) is 0 Å². The molecule has 0 aromatic heterocycles. The molecule has 48 heavy (non-hydrogen) atoms. The molecule has 14 heteroatoms. The first kappa shape index (κ1) is 41.7. The third kappa shape index (κ3) is 17.0. The predicted octanol–water partition coefficient (Wildman–Crippen LogP) is 3.68. The van der Waals surface area contributed by atoms with Gasteiger partial charge in [0.05, 0.1) is 12.0 Å². The second-order valence-electron chi connectivity index (χ2n) is 14.4. The Hall–Kier alpha value is -4.36. The van der Waals surface area contributed by atoms with Crippen LogP contribution in [0.1, 0.15) is 86.6 Å². The maximum Gasteiger partial charge on any atom is 0.409 e. The number of nitrogens with zero attached hydrogens (tertiary/aromatic N) is 1. The highest BCUT2D eigenvalue weighted by Crippen LogP contribution is 2.20. The average Bonchev–Trinajstić information content (AvgIpc) is 2.98. The van der Waals surface area contributed by atoms with Crippen molar-refractivity contribution in [3.05, 3.63) is 29.8 Å². The van der Waals surface area contributed by atoms with E-state index in [1.165, 1.54) is 11.9 Å². The maximum atomic E-state index is 13.3. The predicted molar refractivity (Wildman–Crippen MR) is 183 cm³/mol. The summed E-state index contributed by atoms with van der Waals surface area (Å²) in [6.07, 6.45) is 0.871. The number of carbonyl (C=O) groups excluding carboxylic acids is 6. The Balaban J connectivity index is 2.82. The summed E-state index contributed by atoms with van der Waals surface area (Å²) in [5, 5.41) is 10.8. The van der Waals surface area contributed by atoms with E-state index >= 15 is 0 Å². The summed E-state index contributed by atoms with van der Waals surface area (Å²) in [5.74, 6) is -1.83. The van der Waals surface area contributed by atoms with Gasteiger partial charge in [0.15, 0.2) is 0 Å². The van der Waals surface area contributed by atoms with Crippen LogP contribution in [0.3, 0.4) is 0 Å². The van der Waals surface area contributed by atoms with Crippen molar-refractivity contribution in [2.75, 3.05) is 32.1 Å². The lowest BCUT2D eigenvalue weighted by Gasteiger charge is -2.26. The largest absolute Gasteiger partial charge is 0.463 e. The number of primary amides is 1. The number of hydrogen-bond donors (Lipinski definition) is 5. The van der Waals surface area contributed by atoms with E-state index in [4.69, 9.17) is 15.2 Å². The highest BCUT2D eigenvalue weighted by Gasteiger charge is 2.29. The molecule has 1 aromatic rings. The van der Waals surface area contributed by atoms with Gasteiger partial charge < -0.3 is 41.4 Å². The van der Waals surface area contributed by atoms with Gasteiger partial charge in [-0.1, -0.05) is 46.8 Å². The molecule has 0 fully saturated rings. The second-order valence-corrected chi connectivity index (χ2v) is 14.4. The molecule has 2 atom stereocenters. The summed E-state index contributed by atoms with van der Waals surface area (Å²) in [6.45, 7) is 15.3. The van der Waals surface area contributed by atoms with Gasteiger partial charge in [-0.15, -0.1) is 0 Å². The fourth-order valence-corrected chi connectivity index (χ4v) is 4.07. The Morgan fingerprint density at radius 1 is 0.896 bits per heavy atom. The van der Waals surface area contributed by atoms with Gasteiger partial charge in [-0.05, 0) is 69.1 Å². The molecule has 1 aromatic carbocycles. The Morgan fingerprint density at radius 2 is 1.52 bits per heavy atom. The molecule has 14 nitrogen and oxygen atoms in total. The molecule has 0 saturated carbocycles. The SMILES string of the molecule is CC(C)[C@H](NC(=O)CCC(C)(C)C)C(=O)N[C@@H](CCCNC(N)=O)C(=O)Nc1ccc(COC(=O)N(C)CCOC(=O)C(C)(C)C)cc1. The zero-order valence-corrected chi connectivity index (χ0v) is 30.0. The number of esters is 1. The van der Waals surface area contributed by atoms with E-state index in [0.717, 1.165) is 0 Å². The Bertz CT molecular complexity index is 1240. The molecule has 0 heterocycles. The second kappa shape index (κ2) is 19.5. The highest BCUT2D eigenvalue weighted by atomic mass is 16.6. The average molecular weight is 677 g/mol. The third-order valence-electron chi connectivity index (χ3n) is 7.14. The first-order valence-corrected chi connectivity index (χ1v) is 16.3. The first-order valence-electron chi connectivity index (χ1n) is 16.3. The number of likely N-dealkylation sites (N-methyl/N-ethyl adjacent to an activating group) is 1. The lowest BCUT2D eigenvalue weighted by atomic mass is 9.90. The fraction of sp³-hybridized carbons (Fsp3) is 0.647. The molecule has 1 rings (SSSR count). The zero-order chi connectivity index (χ0) is 36.7. The summed E-state index contributed by atoms with van der Waals surface area (Å²) >= 11 is 0. The van der Waals surface area contributed by atoms with Crippen LogP contribution in [0.25, 0.3) is 0 Å². The van der Waals surface area contributed by atoms with Crippen molar-refractivity contribution in [1.29, 1.82) is 0 Å². The molecule has 0 bridgehead atoms. The lowest BCUT2D eigenvalue weighted by Crippen LogP contribution is -2.54. The monoisotopic (exact) mass is 676 g/mol. The molecule has 0 unspecified atom stereocenters. The molecule has 0 aliphatic heterocycles. The number of nitrogens with one attached hydrogen (secondary N) is 4. The topological polar surface area (TPSA) is 198 Å². The molecule has 6 amide bonds. The molecule has 6 N–H and O–H groups in total. The van der Waals surface area contributed by atoms with Gasteiger partial charge in [-0.25, -0.2) is 9.59 Å². The van der Waals surface area contributed by atoms with E-state index in [2.05, 4.69) is 21.3 Å². The molecule has 0 aliphatic carbocycles. The van der Waals surface area contributed by atoms with Gasteiger partial charge in [0, 0.05) is 25.7 Å². The van der Waals surface area contributed by atoms with Crippen molar-refractivity contribution >= 4 is 41.5 Å². The number of anilines is 1. The molecular weight excluding hydrogens is 620 g/mol. The van der Waals surface area contributed by atoms with E-state index in [1.807, 2.05) is 34.6 Å². The van der Waals surface area contributed by atoms with E-state index in [0.29, 0.717) is 24.1 Å². The number of hydrogen-bond acceptors (Lipinski definition) is 8. The summed E-state index contributed by atoms with van der Waals surface area (Å²) in [5.41, 5.74) is 5.58. The van der Waals surface area contributed by atoms with Gasteiger partial charge in [-0.3, -0.25) is 19.2 Å². The van der Waals surface area contributed by atoms with Crippen molar-refractivity contribution in [3.8, 4) is 0 Å². The van der Waals surface area contributed by atoms with Gasteiger partial charge in [0.2, 0.25) is 17.7 Å². The van der Waals surface area contributed by atoms with Gasteiger partial charge >= 0.3 is 18.1 Å². The first-order chi connectivity index (χ1) is 22.2. The summed E-state index contributed by atoms with van der Waals surface area (Å²) < 4.78 is 10.5. The molecule has 0 spiro atoms. The van der Waals surface area contributed by atoms with Crippen LogP contribution in [0.2, 0.25) is 0 Å². The number of ether oxygens (including phenoxy) is 2. The van der Waals surface area contributed by atoms with E-state index in [-0.39, 0.29) is 62.4 Å². The maximum absolute atomic E-state index is 13.3. The number of urea groups is 1. The van der Waals surface area contributed by atoms with Crippen molar-refractivity contribution in [2.24, 2.45) is 22.5 Å². The van der Waals surface area contributed by atoms with Crippen LogP contribution in [-0.2, 0) is 35.3 Å². The fourth-order valence-electron chi connectivity index (χ4n) is 4.07. The van der Waals surface area contributed by atoms with E-state index in [9.17, 15) is 28.8 Å². The summed E-state index contributed by atoms with van der Waals surface area (Å²) in [7, 11) is 1.54. The van der Waals surface area contributed by atoms with E-state index < -0.39 is 41.4 Å². The van der Waals surface area contributed by atoms with E-state index in [1.54, 1.807) is 45.0 Å². The minimum atomic E-state index is -0.973. The number of amides is 6. The lowest BCUT2D eigenvalue weighted by molar-refractivity contribution is -0.153. The van der Waals surface area contributed by atoms with Crippen LogP contribution in [0.4, 0.5) is 15.3 Å². The number of benzene rings is 1. The Kier molecular flexibility index (Phi) is 16.9. The zero-order valence-electron chi connectivity index (χ0n) is 30.0. The van der Waals surface area contributed by atoms with Crippen LogP contribution in [0, 0.1) is 16.7 Å². The Labute approximate surface area is 284 Å². The molecule has 0 saturated heterocycles. The Morgan fingerprint density at radius 3 is 2.06 bits per heavy atom. The normalized spacial score (nSPS) is 12.7. The smallest absolute Gasteiger partial charge is 0.409 e. The van der Waals surface area contributed by atoms with Crippen LogP contribution < -0.4 is 27.0 Å². The number of carbonyl (C=O) groups is 6. The summed E-state index contributed by atoms with van der Waals surface area (Å²) in [4.78, 5) is 75.9. The molecule has 0 radical (unpaired) electrons. The highest BCUT2D eigenvalue weighted by molar-refractivity contribution is 5.98. The third-order valence-corrected chi connectivity index (χ3v) is 7.14. The molecule has 270 valence electrons. The molecular formula is C34H56N6O8. The van der Waals surface area contributed by atoms with Gasteiger partial charge in [0.1, 0.15) is 25.3 Å². The van der Waals surface area contributed by atoms with Crippen LogP contribution in [-0.4, -0.2) is 79.5 Å². The van der Waals surface area contributed by atoms with Crippen molar-refractivity contribution in [1.82, 2.24) is 20.9 Å². The molecule has 0 aliphatic rings. The minimum Gasteiger partial charge on any atom is -0.463 e. The quantitative estimate of drug-likeness (QED) is 0.122. The number of rotatable bonds is 17. The van der Waals surface area contributed by atoms with Crippen molar-refractivity contribution < 1.29 is 38.2 Å². The van der Waals surface area contributed by atoms with Gasteiger partial charge in [-0.2, -0.15) is 0 Å². The summed E-state index contributed by atoms with van der Waals surface area (Å²) in [6, 6.07) is 4.11. The van der Waals surface area contributed by atoms with Crippen LogP contribution in [0.15, 0.2) is 24.3 Å².